The summed E-state index contributed by atoms with van der Waals surface area (Å²) in [5.41, 5.74) is 2.65. The number of aliphatic hydroxyl groups is 1. The van der Waals surface area contributed by atoms with Crippen LogP contribution in [-0.4, -0.2) is 64.1 Å². The van der Waals surface area contributed by atoms with Gasteiger partial charge in [-0.2, -0.15) is 9.97 Å². The van der Waals surface area contributed by atoms with Crippen LogP contribution in [0.4, 0.5) is 23.4 Å². The molecule has 0 unspecified atom stereocenters. The Hall–Kier alpha value is -4.55. The Morgan fingerprint density at radius 1 is 1.07 bits per heavy atom. The molecule has 3 N–H and O–H groups in total. The van der Waals surface area contributed by atoms with E-state index in [1.807, 2.05) is 55.1 Å². The number of benzene rings is 2. The average Bonchev–Trinajstić information content (AvgIpc) is 3.55. The van der Waals surface area contributed by atoms with Crippen molar-refractivity contribution in [3.63, 3.8) is 0 Å². The van der Waals surface area contributed by atoms with Crippen molar-refractivity contribution in [2.75, 3.05) is 48.4 Å². The Balaban J connectivity index is 1.34. The second-order valence-corrected chi connectivity index (χ2v) is 10.0. The van der Waals surface area contributed by atoms with Crippen LogP contribution in [0.5, 0.6) is 0 Å². The molecule has 0 saturated carbocycles. The largest absolute Gasteiger partial charge is 0.451 e. The second-order valence-electron chi connectivity index (χ2n) is 10.0. The first-order valence-electron chi connectivity index (χ1n) is 13.0. The number of morpholine rings is 1. The average molecular weight is 544 g/mol. The zero-order valence-electron chi connectivity index (χ0n) is 22.1. The summed E-state index contributed by atoms with van der Waals surface area (Å²) in [6.07, 6.45) is 1.59. The number of rotatable bonds is 8. The van der Waals surface area contributed by atoms with Gasteiger partial charge in [0.15, 0.2) is 0 Å². The number of anilines is 4. The third-order valence-electron chi connectivity index (χ3n) is 6.92. The van der Waals surface area contributed by atoms with E-state index >= 15 is 0 Å². The fourth-order valence-electron chi connectivity index (χ4n) is 4.78. The van der Waals surface area contributed by atoms with Crippen molar-refractivity contribution >= 4 is 29.4 Å². The summed E-state index contributed by atoms with van der Waals surface area (Å²) in [7, 11) is 0. The first kappa shape index (κ1) is 25.7. The zero-order chi connectivity index (χ0) is 27.7. The van der Waals surface area contributed by atoms with E-state index in [0.717, 1.165) is 11.1 Å². The Morgan fingerprint density at radius 3 is 2.65 bits per heavy atom. The highest BCUT2D eigenvalue weighted by Crippen LogP contribution is 2.38. The molecule has 1 saturated heterocycles. The summed E-state index contributed by atoms with van der Waals surface area (Å²) in [6, 6.07) is 14.5. The summed E-state index contributed by atoms with van der Waals surface area (Å²) in [5, 5.41) is 20.9. The Labute approximate surface area is 230 Å². The van der Waals surface area contributed by atoms with Gasteiger partial charge in [-0.3, -0.25) is 0 Å². The molecule has 0 aliphatic carbocycles. The van der Waals surface area contributed by atoms with Gasteiger partial charge in [-0.05, 0) is 42.8 Å². The monoisotopic (exact) mass is 543 g/mol. The van der Waals surface area contributed by atoms with E-state index in [9.17, 15) is 9.90 Å². The van der Waals surface area contributed by atoms with Crippen LogP contribution in [0.25, 0.3) is 11.5 Å². The third kappa shape index (κ3) is 5.06. The predicted molar refractivity (Wildman–Crippen MR) is 146 cm³/mol. The smallest absolute Gasteiger partial charge is 0.339 e. The molecule has 12 nitrogen and oxygen atoms in total. The molecule has 0 bridgehead atoms. The number of ether oxygens (including phenoxy) is 2. The standard InChI is InChI=1S/C28H29N7O5/c1-28(2)21-14-18(8-9-19(21)25(37)39-28)30-26-29-15-20(24-33-27(34-40-24)35-10-12-38-13-11-35)23(32-26)31-22(16-36)17-6-4-3-5-7-17/h3-9,14-15,22,36H,10-13,16H2,1-2H3,(H2,29,30,31,32)/t22-/m1/s1. The van der Waals surface area contributed by atoms with Crippen molar-refractivity contribution in [2.24, 2.45) is 0 Å². The van der Waals surface area contributed by atoms with Crippen LogP contribution in [0.15, 0.2) is 59.3 Å². The van der Waals surface area contributed by atoms with E-state index in [1.165, 1.54) is 0 Å². The molecule has 6 rings (SSSR count). The summed E-state index contributed by atoms with van der Waals surface area (Å²) in [5.74, 6) is 1.07. The number of hydrogen-bond acceptors (Lipinski definition) is 12. The molecular formula is C28H29N7O5. The van der Waals surface area contributed by atoms with Gasteiger partial charge in [0.25, 0.3) is 11.8 Å². The van der Waals surface area contributed by atoms with Gasteiger partial charge in [-0.25, -0.2) is 9.78 Å². The SMILES string of the molecule is CC1(C)OC(=O)c2ccc(Nc3ncc(-c4nc(N5CCOCC5)no4)c(N[C@H](CO)c4ccccc4)n3)cc21. The summed E-state index contributed by atoms with van der Waals surface area (Å²) in [4.78, 5) is 28.0. The molecule has 2 aliphatic rings. The number of fused-ring (bicyclic) bond motifs is 1. The Bertz CT molecular complexity index is 1520. The molecule has 1 atom stereocenters. The lowest BCUT2D eigenvalue weighted by atomic mass is 9.95. The lowest BCUT2D eigenvalue weighted by Crippen LogP contribution is -2.36. The first-order valence-corrected chi connectivity index (χ1v) is 13.0. The Morgan fingerprint density at radius 2 is 1.88 bits per heavy atom. The minimum absolute atomic E-state index is 0.174. The van der Waals surface area contributed by atoms with Crippen LogP contribution in [0.1, 0.15) is 41.4 Å². The number of aromatic nitrogens is 4. The number of nitrogens with zero attached hydrogens (tertiary/aromatic N) is 5. The van der Waals surface area contributed by atoms with Gasteiger partial charge in [-0.15, -0.1) is 0 Å². The summed E-state index contributed by atoms with van der Waals surface area (Å²) < 4.78 is 16.5. The van der Waals surface area contributed by atoms with E-state index in [1.54, 1.807) is 18.3 Å². The van der Waals surface area contributed by atoms with Crippen LogP contribution in [0, 0.1) is 0 Å². The number of carbonyl (C=O) groups is 1. The molecule has 0 spiro atoms. The lowest BCUT2D eigenvalue weighted by molar-refractivity contribution is 0.00954. The van der Waals surface area contributed by atoms with Crippen molar-refractivity contribution < 1.29 is 23.9 Å². The van der Waals surface area contributed by atoms with Crippen molar-refractivity contribution in [1.29, 1.82) is 0 Å². The van der Waals surface area contributed by atoms with Crippen LogP contribution in [-0.2, 0) is 15.1 Å². The molecule has 0 amide bonds. The summed E-state index contributed by atoms with van der Waals surface area (Å²) >= 11 is 0. The maximum absolute atomic E-state index is 12.2. The second kappa shape index (κ2) is 10.5. The van der Waals surface area contributed by atoms with Gasteiger partial charge in [-0.1, -0.05) is 30.3 Å². The molecule has 206 valence electrons. The third-order valence-corrected chi connectivity index (χ3v) is 6.92. The minimum atomic E-state index is -0.734. The highest BCUT2D eigenvalue weighted by atomic mass is 16.6. The number of hydrogen-bond donors (Lipinski definition) is 3. The van der Waals surface area contributed by atoms with Crippen LogP contribution < -0.4 is 15.5 Å². The van der Waals surface area contributed by atoms with E-state index < -0.39 is 11.6 Å². The quantitative estimate of drug-likeness (QED) is 0.279. The molecule has 2 aromatic carbocycles. The molecule has 0 radical (unpaired) electrons. The molecule has 2 aromatic heterocycles. The lowest BCUT2D eigenvalue weighted by Gasteiger charge is -2.24. The van der Waals surface area contributed by atoms with Crippen molar-refractivity contribution in [3.8, 4) is 11.5 Å². The normalized spacial score (nSPS) is 16.8. The van der Waals surface area contributed by atoms with Crippen molar-refractivity contribution in [1.82, 2.24) is 20.1 Å². The van der Waals surface area contributed by atoms with Gasteiger partial charge in [0.05, 0.1) is 31.4 Å². The maximum Gasteiger partial charge on any atom is 0.339 e. The van der Waals surface area contributed by atoms with Gasteiger partial charge >= 0.3 is 5.97 Å². The minimum Gasteiger partial charge on any atom is -0.451 e. The number of nitrogens with one attached hydrogen (secondary N) is 2. The number of esters is 1. The molecule has 2 aliphatic heterocycles. The Kier molecular flexibility index (Phi) is 6.78. The van der Waals surface area contributed by atoms with E-state index in [0.29, 0.717) is 60.8 Å². The fourth-order valence-corrected chi connectivity index (χ4v) is 4.78. The molecule has 12 heteroatoms. The van der Waals surface area contributed by atoms with E-state index in [2.05, 4.69) is 25.8 Å². The van der Waals surface area contributed by atoms with Crippen LogP contribution in [0.3, 0.4) is 0 Å². The van der Waals surface area contributed by atoms with Crippen LogP contribution in [0.2, 0.25) is 0 Å². The molecular weight excluding hydrogens is 514 g/mol. The van der Waals surface area contributed by atoms with E-state index in [-0.39, 0.29) is 18.5 Å². The molecule has 40 heavy (non-hydrogen) atoms. The highest BCUT2D eigenvalue weighted by molar-refractivity contribution is 5.95. The highest BCUT2D eigenvalue weighted by Gasteiger charge is 2.37. The topological polar surface area (TPSA) is 148 Å². The van der Waals surface area contributed by atoms with E-state index in [4.69, 9.17) is 19.0 Å². The zero-order valence-corrected chi connectivity index (χ0v) is 22.1. The predicted octanol–water partition coefficient (Wildman–Crippen LogP) is 3.66. The van der Waals surface area contributed by atoms with Crippen molar-refractivity contribution in [3.05, 3.63) is 71.4 Å². The molecule has 1 fully saturated rings. The van der Waals surface area contributed by atoms with Gasteiger partial charge < -0.3 is 34.6 Å². The number of carbonyl (C=O) groups excluding carboxylic acids is 1. The molecule has 4 heterocycles. The number of aliphatic hydroxyl groups excluding tert-OH is 1. The number of cyclic esters (lactones) is 1. The fraction of sp³-hybridized carbons (Fsp3) is 0.321. The summed E-state index contributed by atoms with van der Waals surface area (Å²) in [6.45, 7) is 6.04. The maximum atomic E-state index is 12.2. The van der Waals surface area contributed by atoms with Gasteiger partial charge in [0.1, 0.15) is 17.0 Å². The van der Waals surface area contributed by atoms with Gasteiger partial charge in [0.2, 0.25) is 5.95 Å². The van der Waals surface area contributed by atoms with Gasteiger partial charge in [0, 0.05) is 30.5 Å². The molecule has 4 aromatic rings. The first-order chi connectivity index (χ1) is 19.4. The van der Waals surface area contributed by atoms with Crippen molar-refractivity contribution in [2.45, 2.75) is 25.5 Å². The van der Waals surface area contributed by atoms with Crippen LogP contribution >= 0.6 is 0 Å².